The van der Waals surface area contributed by atoms with Gasteiger partial charge in [0.1, 0.15) is 13.2 Å². The van der Waals surface area contributed by atoms with E-state index in [4.69, 9.17) is 14.2 Å². The van der Waals surface area contributed by atoms with Gasteiger partial charge in [-0.2, -0.15) is 0 Å². The molecular formula is C67H116O6. The summed E-state index contributed by atoms with van der Waals surface area (Å²) in [5.41, 5.74) is 0. The Hall–Kier alpha value is -3.41. The third-order valence-corrected chi connectivity index (χ3v) is 13.4. The van der Waals surface area contributed by atoms with Crippen molar-refractivity contribution >= 4 is 17.9 Å². The van der Waals surface area contributed by atoms with Crippen molar-refractivity contribution in [2.45, 2.75) is 309 Å². The zero-order chi connectivity index (χ0) is 52.9. The topological polar surface area (TPSA) is 78.9 Å². The van der Waals surface area contributed by atoms with Crippen LogP contribution in [0.5, 0.6) is 0 Å². The van der Waals surface area contributed by atoms with Crippen LogP contribution in [0.4, 0.5) is 0 Å². The normalized spacial score (nSPS) is 12.6. The number of hydrogen-bond donors (Lipinski definition) is 0. The minimum absolute atomic E-state index is 0.0952. The molecule has 6 heteroatoms. The minimum atomic E-state index is -0.802. The number of ether oxygens (including phenoxy) is 3. The Bertz CT molecular complexity index is 1400. The first kappa shape index (κ1) is 69.6. The average molecular weight is 1020 g/mol. The quantitative estimate of drug-likeness (QED) is 0.0261. The van der Waals surface area contributed by atoms with E-state index in [0.29, 0.717) is 19.3 Å². The molecule has 0 N–H and O–H groups in total. The molecule has 0 saturated heterocycles. The van der Waals surface area contributed by atoms with E-state index >= 15 is 0 Å². The number of unbranched alkanes of at least 4 members (excludes halogenated alkanes) is 31. The SMILES string of the molecule is CC/C=C\C/C=C\C/C=C\C/C=C\CCCCC(=O)OC(COC(=O)CCCCCCC/C=C\CCCCCCCC)COC(=O)CCCCCCCCCCCCCCC/C=C\C/C=C\CCCCCCC. The molecule has 0 saturated carbocycles. The van der Waals surface area contributed by atoms with Crippen molar-refractivity contribution in [1.29, 1.82) is 0 Å². The highest BCUT2D eigenvalue weighted by molar-refractivity contribution is 5.71. The first-order chi connectivity index (χ1) is 36.0. The van der Waals surface area contributed by atoms with Crippen LogP contribution in [0.1, 0.15) is 303 Å². The second-order valence-electron chi connectivity index (χ2n) is 20.6. The Labute approximate surface area is 452 Å². The number of carbonyl (C=O) groups excluding carboxylic acids is 3. The summed E-state index contributed by atoms with van der Waals surface area (Å²) in [7, 11) is 0. The number of hydrogen-bond acceptors (Lipinski definition) is 6. The average Bonchev–Trinajstić information content (AvgIpc) is 3.39. The van der Waals surface area contributed by atoms with E-state index < -0.39 is 6.10 Å². The minimum Gasteiger partial charge on any atom is -0.462 e. The van der Waals surface area contributed by atoms with Gasteiger partial charge in [-0.25, -0.2) is 0 Å². The molecule has 6 nitrogen and oxygen atoms in total. The fourth-order valence-corrected chi connectivity index (χ4v) is 8.69. The Balaban J connectivity index is 4.34. The molecule has 0 bridgehead atoms. The van der Waals surface area contributed by atoms with Gasteiger partial charge in [0, 0.05) is 19.3 Å². The summed E-state index contributed by atoms with van der Waals surface area (Å²) < 4.78 is 16.9. The summed E-state index contributed by atoms with van der Waals surface area (Å²) >= 11 is 0. The van der Waals surface area contributed by atoms with Gasteiger partial charge in [-0.3, -0.25) is 14.4 Å². The molecule has 0 fully saturated rings. The number of carbonyl (C=O) groups is 3. The van der Waals surface area contributed by atoms with Gasteiger partial charge in [0.25, 0.3) is 0 Å². The molecule has 0 aliphatic carbocycles. The summed E-state index contributed by atoms with van der Waals surface area (Å²) in [6.07, 6.45) is 80.2. The van der Waals surface area contributed by atoms with Crippen molar-refractivity contribution in [3.8, 4) is 0 Å². The van der Waals surface area contributed by atoms with Gasteiger partial charge in [0.05, 0.1) is 0 Å². The van der Waals surface area contributed by atoms with Crippen molar-refractivity contribution in [2.75, 3.05) is 13.2 Å². The number of rotatable bonds is 56. The highest BCUT2D eigenvalue weighted by atomic mass is 16.6. The van der Waals surface area contributed by atoms with Gasteiger partial charge in [-0.15, -0.1) is 0 Å². The molecule has 0 spiro atoms. The number of allylic oxidation sites excluding steroid dienone is 14. The molecule has 0 aliphatic heterocycles. The first-order valence-corrected chi connectivity index (χ1v) is 31.1. The van der Waals surface area contributed by atoms with Crippen molar-refractivity contribution in [1.82, 2.24) is 0 Å². The first-order valence-electron chi connectivity index (χ1n) is 31.1. The molecule has 73 heavy (non-hydrogen) atoms. The van der Waals surface area contributed by atoms with Crippen LogP contribution in [0, 0.1) is 0 Å². The highest BCUT2D eigenvalue weighted by Crippen LogP contribution is 2.16. The molecule has 1 atom stereocenters. The Morgan fingerprint density at radius 3 is 0.877 bits per heavy atom. The van der Waals surface area contributed by atoms with Crippen LogP contribution in [0.2, 0.25) is 0 Å². The van der Waals surface area contributed by atoms with E-state index in [1.165, 1.54) is 167 Å². The molecule has 0 amide bonds. The van der Waals surface area contributed by atoms with Crippen LogP contribution in [0.15, 0.2) is 85.1 Å². The summed E-state index contributed by atoms with van der Waals surface area (Å²) in [4.78, 5) is 38.2. The molecule has 0 radical (unpaired) electrons. The summed E-state index contributed by atoms with van der Waals surface area (Å²) in [5, 5.41) is 0. The third-order valence-electron chi connectivity index (χ3n) is 13.4. The standard InChI is InChI=1S/C67H116O6/c1-4-7-10-13-16-19-22-25-28-29-30-31-32-33-34-35-36-37-40-42-45-48-51-54-57-60-66(69)72-63-64(73-67(70)61-58-55-52-49-46-43-39-27-24-21-18-15-12-9-6-3)62-71-65(68)59-56-53-50-47-44-41-38-26-23-20-17-14-11-8-5-2/h9,12,18,21-22,25-27,29-30,38-39,46,49,64H,4-8,10-11,13-17,19-20,23-24,28,31-37,40-45,47-48,50-63H2,1-3H3/b12-9-,21-18-,25-22-,30-29-,38-26-,39-27-,49-46-. The van der Waals surface area contributed by atoms with Crippen molar-refractivity contribution in [3.63, 3.8) is 0 Å². The van der Waals surface area contributed by atoms with Gasteiger partial charge in [0.2, 0.25) is 0 Å². The van der Waals surface area contributed by atoms with E-state index in [-0.39, 0.29) is 37.5 Å². The predicted octanol–water partition coefficient (Wildman–Crippen LogP) is 21.1. The third kappa shape index (κ3) is 59.3. The van der Waals surface area contributed by atoms with E-state index in [0.717, 1.165) is 89.9 Å². The smallest absolute Gasteiger partial charge is 0.306 e. The molecular weight excluding hydrogens is 901 g/mol. The van der Waals surface area contributed by atoms with Crippen LogP contribution in [-0.4, -0.2) is 37.2 Å². The second kappa shape index (κ2) is 61.1. The lowest BCUT2D eigenvalue weighted by molar-refractivity contribution is -0.167. The maximum absolute atomic E-state index is 12.9. The summed E-state index contributed by atoms with van der Waals surface area (Å²) in [6.45, 7) is 6.49. The van der Waals surface area contributed by atoms with Gasteiger partial charge < -0.3 is 14.2 Å². The lowest BCUT2D eigenvalue weighted by Gasteiger charge is -2.18. The molecule has 420 valence electrons. The van der Waals surface area contributed by atoms with Crippen LogP contribution in [0.25, 0.3) is 0 Å². The van der Waals surface area contributed by atoms with Crippen LogP contribution in [0.3, 0.4) is 0 Å². The van der Waals surface area contributed by atoms with Gasteiger partial charge in [-0.05, 0) is 116 Å². The van der Waals surface area contributed by atoms with Crippen LogP contribution >= 0.6 is 0 Å². The van der Waals surface area contributed by atoms with Crippen molar-refractivity contribution < 1.29 is 28.6 Å². The van der Waals surface area contributed by atoms with Gasteiger partial charge in [0.15, 0.2) is 6.10 Å². The van der Waals surface area contributed by atoms with Crippen molar-refractivity contribution in [2.24, 2.45) is 0 Å². The fourth-order valence-electron chi connectivity index (χ4n) is 8.69. The maximum Gasteiger partial charge on any atom is 0.306 e. The van der Waals surface area contributed by atoms with Crippen LogP contribution < -0.4 is 0 Å². The summed E-state index contributed by atoms with van der Waals surface area (Å²) in [5.74, 6) is -0.938. The second-order valence-corrected chi connectivity index (χ2v) is 20.6. The lowest BCUT2D eigenvalue weighted by atomic mass is 10.0. The van der Waals surface area contributed by atoms with E-state index in [1.807, 2.05) is 0 Å². The van der Waals surface area contributed by atoms with E-state index in [2.05, 4.69) is 106 Å². The van der Waals surface area contributed by atoms with Crippen LogP contribution in [-0.2, 0) is 28.6 Å². The zero-order valence-corrected chi connectivity index (χ0v) is 48.1. The van der Waals surface area contributed by atoms with Gasteiger partial charge in [-0.1, -0.05) is 254 Å². The Kier molecular flexibility index (Phi) is 58.3. The fraction of sp³-hybridized carbons (Fsp3) is 0.746. The molecule has 0 aromatic rings. The molecule has 0 heterocycles. The van der Waals surface area contributed by atoms with Gasteiger partial charge >= 0.3 is 17.9 Å². The summed E-state index contributed by atoms with van der Waals surface area (Å²) in [6, 6.07) is 0. The molecule has 0 aliphatic rings. The van der Waals surface area contributed by atoms with E-state index in [9.17, 15) is 14.4 Å². The van der Waals surface area contributed by atoms with E-state index in [1.54, 1.807) is 0 Å². The zero-order valence-electron chi connectivity index (χ0n) is 48.1. The predicted molar refractivity (Wildman–Crippen MR) is 316 cm³/mol. The molecule has 0 aromatic heterocycles. The molecule has 0 rings (SSSR count). The highest BCUT2D eigenvalue weighted by Gasteiger charge is 2.19. The number of esters is 3. The Morgan fingerprint density at radius 2 is 0.534 bits per heavy atom. The monoisotopic (exact) mass is 1020 g/mol. The molecule has 0 aromatic carbocycles. The van der Waals surface area contributed by atoms with Crippen molar-refractivity contribution in [3.05, 3.63) is 85.1 Å². The largest absolute Gasteiger partial charge is 0.462 e. The Morgan fingerprint density at radius 1 is 0.288 bits per heavy atom. The lowest BCUT2D eigenvalue weighted by Crippen LogP contribution is -2.30. The molecule has 1 unspecified atom stereocenters. The maximum atomic E-state index is 12.9.